The SMILES string of the molecule is CCCCOc1c(Cl)cc(C(=O)NC(c2nc(C3CC3)no2)C(C)C)cc1OCC. The Morgan fingerprint density at radius 3 is 2.70 bits per heavy atom. The molecule has 7 nitrogen and oxygen atoms in total. The molecule has 1 aliphatic rings. The summed E-state index contributed by atoms with van der Waals surface area (Å²) in [4.78, 5) is 17.5. The highest BCUT2D eigenvalue weighted by molar-refractivity contribution is 6.32. The van der Waals surface area contributed by atoms with Crippen molar-refractivity contribution in [2.45, 2.75) is 65.3 Å². The Morgan fingerprint density at radius 1 is 1.30 bits per heavy atom. The monoisotopic (exact) mass is 435 g/mol. The molecule has 0 aliphatic heterocycles. The molecule has 0 radical (unpaired) electrons. The average molecular weight is 436 g/mol. The standard InChI is InChI=1S/C22H30ClN3O4/c1-5-7-10-29-19-16(23)11-15(12-17(19)28-6-2)21(27)24-18(13(3)4)22-25-20(26-30-22)14-8-9-14/h11-14,18H,5-10H2,1-4H3,(H,24,27). The molecule has 1 amide bonds. The van der Waals surface area contributed by atoms with Gasteiger partial charge < -0.3 is 19.3 Å². The van der Waals surface area contributed by atoms with E-state index >= 15 is 0 Å². The van der Waals surface area contributed by atoms with Gasteiger partial charge in [-0.25, -0.2) is 0 Å². The van der Waals surface area contributed by atoms with Gasteiger partial charge in [-0.2, -0.15) is 4.98 Å². The number of nitrogens with one attached hydrogen (secondary N) is 1. The maximum Gasteiger partial charge on any atom is 0.252 e. The van der Waals surface area contributed by atoms with Crippen LogP contribution in [0.2, 0.25) is 5.02 Å². The molecule has 30 heavy (non-hydrogen) atoms. The Labute approximate surface area is 182 Å². The summed E-state index contributed by atoms with van der Waals surface area (Å²) in [7, 11) is 0. The second-order valence-corrected chi connectivity index (χ2v) is 8.29. The molecule has 1 heterocycles. The van der Waals surface area contributed by atoms with Crippen LogP contribution in [0.25, 0.3) is 0 Å². The van der Waals surface area contributed by atoms with E-state index < -0.39 is 6.04 Å². The molecule has 1 unspecified atom stereocenters. The highest BCUT2D eigenvalue weighted by Crippen LogP contribution is 2.39. The molecule has 1 aliphatic carbocycles. The lowest BCUT2D eigenvalue weighted by Gasteiger charge is -2.20. The normalized spacial score (nSPS) is 14.6. The Kier molecular flexibility index (Phi) is 7.58. The van der Waals surface area contributed by atoms with Gasteiger partial charge in [0.25, 0.3) is 5.91 Å². The number of unbranched alkanes of at least 4 members (excludes halogenated alkanes) is 1. The smallest absolute Gasteiger partial charge is 0.252 e. The lowest BCUT2D eigenvalue weighted by molar-refractivity contribution is 0.0913. The van der Waals surface area contributed by atoms with E-state index in [4.69, 9.17) is 25.6 Å². The van der Waals surface area contributed by atoms with E-state index in [2.05, 4.69) is 22.4 Å². The van der Waals surface area contributed by atoms with Crippen LogP contribution in [-0.4, -0.2) is 29.3 Å². The molecule has 164 valence electrons. The van der Waals surface area contributed by atoms with E-state index in [0.29, 0.717) is 47.1 Å². The van der Waals surface area contributed by atoms with Gasteiger partial charge in [-0.05, 0) is 44.2 Å². The molecule has 0 spiro atoms. The van der Waals surface area contributed by atoms with E-state index in [0.717, 1.165) is 31.5 Å². The largest absolute Gasteiger partial charge is 0.490 e. The van der Waals surface area contributed by atoms with Gasteiger partial charge in [0.2, 0.25) is 5.89 Å². The van der Waals surface area contributed by atoms with Crippen LogP contribution in [0.15, 0.2) is 16.7 Å². The third kappa shape index (κ3) is 5.45. The van der Waals surface area contributed by atoms with Crippen molar-refractivity contribution in [2.24, 2.45) is 5.92 Å². The molecule has 1 aromatic heterocycles. The Morgan fingerprint density at radius 2 is 2.07 bits per heavy atom. The first-order valence-electron chi connectivity index (χ1n) is 10.7. The van der Waals surface area contributed by atoms with Gasteiger partial charge in [-0.1, -0.05) is 43.9 Å². The van der Waals surface area contributed by atoms with Crippen LogP contribution >= 0.6 is 11.6 Å². The second-order valence-electron chi connectivity index (χ2n) is 7.88. The number of rotatable bonds is 11. The highest BCUT2D eigenvalue weighted by Gasteiger charge is 2.32. The van der Waals surface area contributed by atoms with E-state index in [-0.39, 0.29) is 11.8 Å². The summed E-state index contributed by atoms with van der Waals surface area (Å²) < 4.78 is 16.9. The molecule has 1 atom stereocenters. The first-order valence-corrected chi connectivity index (χ1v) is 11.1. The number of benzene rings is 1. The first-order chi connectivity index (χ1) is 14.4. The molecule has 1 fully saturated rings. The first kappa shape index (κ1) is 22.4. The molecule has 2 aromatic rings. The van der Waals surface area contributed by atoms with Gasteiger partial charge in [0.05, 0.1) is 18.2 Å². The van der Waals surface area contributed by atoms with Gasteiger partial charge in [-0.15, -0.1) is 0 Å². The number of nitrogens with zero attached hydrogens (tertiary/aromatic N) is 2. The molecule has 1 saturated carbocycles. The predicted molar refractivity (Wildman–Crippen MR) is 114 cm³/mol. The Balaban J connectivity index is 1.79. The van der Waals surface area contributed by atoms with Crippen molar-refractivity contribution in [1.29, 1.82) is 0 Å². The maximum atomic E-state index is 13.0. The van der Waals surface area contributed by atoms with Crippen LogP contribution in [0.1, 0.15) is 87.4 Å². The quantitative estimate of drug-likeness (QED) is 0.481. The summed E-state index contributed by atoms with van der Waals surface area (Å²) in [5.74, 6) is 2.24. The van der Waals surface area contributed by atoms with E-state index in [1.54, 1.807) is 12.1 Å². The van der Waals surface area contributed by atoms with Gasteiger partial charge in [0, 0.05) is 11.5 Å². The van der Waals surface area contributed by atoms with E-state index in [1.807, 2.05) is 20.8 Å². The van der Waals surface area contributed by atoms with Crippen LogP contribution < -0.4 is 14.8 Å². The van der Waals surface area contributed by atoms with Gasteiger partial charge in [-0.3, -0.25) is 4.79 Å². The molecular formula is C22H30ClN3O4. The van der Waals surface area contributed by atoms with Crippen LogP contribution in [-0.2, 0) is 0 Å². The summed E-state index contributed by atoms with van der Waals surface area (Å²) in [5, 5.41) is 7.41. The number of carbonyl (C=O) groups excluding carboxylic acids is 1. The number of halogens is 1. The number of ether oxygens (including phenoxy) is 2. The lowest BCUT2D eigenvalue weighted by atomic mass is 10.0. The van der Waals surface area contributed by atoms with Crippen LogP contribution in [0.3, 0.4) is 0 Å². The van der Waals surface area contributed by atoms with Crippen LogP contribution in [0.4, 0.5) is 0 Å². The van der Waals surface area contributed by atoms with Crippen molar-refractivity contribution in [1.82, 2.24) is 15.5 Å². The van der Waals surface area contributed by atoms with Crippen molar-refractivity contribution in [2.75, 3.05) is 13.2 Å². The second kappa shape index (κ2) is 10.2. The Bertz CT molecular complexity index is 864. The van der Waals surface area contributed by atoms with Crippen molar-refractivity contribution in [3.63, 3.8) is 0 Å². The molecule has 8 heteroatoms. The zero-order chi connectivity index (χ0) is 21.7. The topological polar surface area (TPSA) is 86.5 Å². The minimum Gasteiger partial charge on any atom is -0.490 e. The fraction of sp³-hybridized carbons (Fsp3) is 0.591. The van der Waals surface area contributed by atoms with Crippen LogP contribution in [0.5, 0.6) is 11.5 Å². The number of aromatic nitrogens is 2. The summed E-state index contributed by atoms with van der Waals surface area (Å²) in [6.45, 7) is 8.93. The zero-order valence-electron chi connectivity index (χ0n) is 18.0. The molecule has 3 rings (SSSR count). The number of hydrogen-bond acceptors (Lipinski definition) is 6. The fourth-order valence-corrected chi connectivity index (χ4v) is 3.30. The number of amides is 1. The number of carbonyl (C=O) groups is 1. The summed E-state index contributed by atoms with van der Waals surface area (Å²) in [6, 6.07) is 2.86. The predicted octanol–water partition coefficient (Wildman–Crippen LogP) is 5.31. The minimum atomic E-state index is -0.396. The van der Waals surface area contributed by atoms with E-state index in [9.17, 15) is 4.79 Å². The third-order valence-corrected chi connectivity index (χ3v) is 5.22. The lowest BCUT2D eigenvalue weighted by Crippen LogP contribution is -2.32. The van der Waals surface area contributed by atoms with Gasteiger partial charge in [0.1, 0.15) is 6.04 Å². The minimum absolute atomic E-state index is 0.0694. The highest BCUT2D eigenvalue weighted by atomic mass is 35.5. The van der Waals surface area contributed by atoms with Gasteiger partial charge in [0.15, 0.2) is 17.3 Å². The zero-order valence-corrected chi connectivity index (χ0v) is 18.8. The maximum absolute atomic E-state index is 13.0. The van der Waals surface area contributed by atoms with Crippen LogP contribution in [0, 0.1) is 5.92 Å². The van der Waals surface area contributed by atoms with Crippen molar-refractivity contribution in [3.8, 4) is 11.5 Å². The van der Waals surface area contributed by atoms with Crippen molar-refractivity contribution < 1.29 is 18.8 Å². The Hall–Kier alpha value is -2.28. The molecule has 1 N–H and O–H groups in total. The molecular weight excluding hydrogens is 406 g/mol. The summed E-state index contributed by atoms with van der Waals surface area (Å²) in [6.07, 6.45) is 4.09. The summed E-state index contributed by atoms with van der Waals surface area (Å²) in [5.41, 5.74) is 0.388. The molecule has 0 saturated heterocycles. The van der Waals surface area contributed by atoms with Gasteiger partial charge >= 0.3 is 0 Å². The van der Waals surface area contributed by atoms with E-state index in [1.165, 1.54) is 0 Å². The van der Waals surface area contributed by atoms with Crippen molar-refractivity contribution >= 4 is 17.5 Å². The van der Waals surface area contributed by atoms with Crippen molar-refractivity contribution in [3.05, 3.63) is 34.4 Å². The fourth-order valence-electron chi connectivity index (χ4n) is 3.04. The molecule has 0 bridgehead atoms. The average Bonchev–Trinajstić information content (AvgIpc) is 3.45. The molecule has 1 aromatic carbocycles. The number of hydrogen-bond donors (Lipinski definition) is 1. The summed E-state index contributed by atoms with van der Waals surface area (Å²) >= 11 is 6.43. The third-order valence-electron chi connectivity index (χ3n) is 4.94.